The quantitative estimate of drug-likeness (QED) is 0.563. The van der Waals surface area contributed by atoms with E-state index in [-0.39, 0.29) is 17.1 Å². The van der Waals surface area contributed by atoms with Crippen LogP contribution in [0, 0.1) is 0 Å². The Kier molecular flexibility index (Phi) is 3.39. The fourth-order valence-corrected chi connectivity index (χ4v) is 2.38. The lowest BCUT2D eigenvalue weighted by Gasteiger charge is -2.15. The molecule has 0 aromatic carbocycles. The molecule has 1 aliphatic heterocycles. The fourth-order valence-electron chi connectivity index (χ4n) is 2.38. The van der Waals surface area contributed by atoms with Gasteiger partial charge in [0.2, 0.25) is 5.95 Å². The molecule has 2 aromatic heterocycles. The minimum absolute atomic E-state index is 0.0255. The van der Waals surface area contributed by atoms with Crippen molar-refractivity contribution in [3.8, 4) is 0 Å². The molecule has 0 bridgehead atoms. The number of nitrogens with two attached hydrogens (primary N) is 1. The van der Waals surface area contributed by atoms with Crippen LogP contribution in [0.5, 0.6) is 0 Å². The molecule has 9 nitrogen and oxygen atoms in total. The van der Waals surface area contributed by atoms with Crippen molar-refractivity contribution >= 4 is 17.1 Å². The third kappa shape index (κ3) is 2.06. The van der Waals surface area contributed by atoms with Crippen LogP contribution >= 0.6 is 0 Å². The Balaban J connectivity index is 2.13. The Morgan fingerprint density at radius 2 is 2.27 bits per heavy atom. The zero-order valence-electron chi connectivity index (χ0n) is 10.9. The van der Waals surface area contributed by atoms with Crippen LogP contribution in [-0.2, 0) is 4.74 Å². The highest BCUT2D eigenvalue weighted by molar-refractivity contribution is 5.70. The molecule has 5 N–H and O–H groups in total. The molecule has 0 saturated carbocycles. The molecule has 11 heteroatoms. The van der Waals surface area contributed by atoms with E-state index in [1.807, 2.05) is 0 Å². The standard InChI is InChI=1S/C11H11F2N5O4/c12-7(13)4-3(1-19)22-10(6(4)20)18-2-15-5-8(18)16-11(14)17-9(5)21/h2-3,6,10,19-20H,1H2,(H3,14,16,17,21)/t3-,6-,10-/m1/s1. The van der Waals surface area contributed by atoms with Gasteiger partial charge in [-0.15, -0.1) is 0 Å². The summed E-state index contributed by atoms with van der Waals surface area (Å²) >= 11 is 0. The second kappa shape index (κ2) is 5.12. The van der Waals surface area contributed by atoms with Gasteiger partial charge >= 0.3 is 0 Å². The number of nitrogens with one attached hydrogen (secondary N) is 1. The van der Waals surface area contributed by atoms with Gasteiger partial charge in [-0.25, -0.2) is 4.98 Å². The Morgan fingerprint density at radius 3 is 2.86 bits per heavy atom. The number of ether oxygens (including phenoxy) is 1. The maximum absolute atomic E-state index is 12.9. The molecule has 3 atom stereocenters. The Labute approximate surface area is 120 Å². The molecule has 0 amide bonds. The number of nitrogen functional groups attached to an aromatic ring is 1. The van der Waals surface area contributed by atoms with Crippen LogP contribution in [0.2, 0.25) is 0 Å². The zero-order valence-corrected chi connectivity index (χ0v) is 10.9. The minimum Gasteiger partial charge on any atom is -0.393 e. The Hall–Kier alpha value is -2.37. The van der Waals surface area contributed by atoms with Crippen molar-refractivity contribution in [3.63, 3.8) is 0 Å². The van der Waals surface area contributed by atoms with Gasteiger partial charge < -0.3 is 20.7 Å². The van der Waals surface area contributed by atoms with Gasteiger partial charge in [-0.05, 0) is 0 Å². The first kappa shape index (κ1) is 14.6. The maximum Gasteiger partial charge on any atom is 0.280 e. The number of nitrogens with zero attached hydrogens (tertiary/aromatic N) is 3. The monoisotopic (exact) mass is 315 g/mol. The van der Waals surface area contributed by atoms with E-state index < -0.39 is 42.3 Å². The summed E-state index contributed by atoms with van der Waals surface area (Å²) in [4.78, 5) is 21.6. The van der Waals surface area contributed by atoms with Crippen LogP contribution in [0.1, 0.15) is 6.23 Å². The summed E-state index contributed by atoms with van der Waals surface area (Å²) in [5.74, 6) is -0.196. The number of H-pyrrole nitrogens is 1. The van der Waals surface area contributed by atoms with E-state index >= 15 is 0 Å². The van der Waals surface area contributed by atoms with E-state index in [1.165, 1.54) is 0 Å². The molecule has 2 aromatic rings. The molecule has 0 unspecified atom stereocenters. The number of aromatic nitrogens is 4. The van der Waals surface area contributed by atoms with Gasteiger partial charge in [-0.3, -0.25) is 14.3 Å². The smallest absolute Gasteiger partial charge is 0.280 e. The van der Waals surface area contributed by atoms with E-state index in [0.29, 0.717) is 0 Å². The normalized spacial score (nSPS) is 25.1. The first-order valence-electron chi connectivity index (χ1n) is 6.15. The first-order chi connectivity index (χ1) is 10.4. The molecule has 0 aliphatic carbocycles. The second-order valence-electron chi connectivity index (χ2n) is 4.63. The summed E-state index contributed by atoms with van der Waals surface area (Å²) < 4.78 is 32.1. The third-order valence-corrected chi connectivity index (χ3v) is 3.35. The molecule has 1 saturated heterocycles. The number of anilines is 1. The Morgan fingerprint density at radius 1 is 1.55 bits per heavy atom. The lowest BCUT2D eigenvalue weighted by atomic mass is 10.1. The van der Waals surface area contributed by atoms with Crippen molar-refractivity contribution < 1.29 is 23.7 Å². The van der Waals surface area contributed by atoms with E-state index in [9.17, 15) is 18.7 Å². The van der Waals surface area contributed by atoms with Crippen LogP contribution in [-0.4, -0.2) is 48.5 Å². The topological polar surface area (TPSA) is 139 Å². The summed E-state index contributed by atoms with van der Waals surface area (Å²) in [7, 11) is 0. The summed E-state index contributed by atoms with van der Waals surface area (Å²) in [5, 5.41) is 19.1. The highest BCUT2D eigenvalue weighted by atomic mass is 19.3. The third-order valence-electron chi connectivity index (χ3n) is 3.35. The number of halogens is 2. The largest absolute Gasteiger partial charge is 0.393 e. The fraction of sp³-hybridized carbons (Fsp3) is 0.364. The van der Waals surface area contributed by atoms with Crippen molar-refractivity contribution in [1.29, 1.82) is 0 Å². The van der Waals surface area contributed by atoms with Gasteiger partial charge in [0.1, 0.15) is 12.2 Å². The van der Waals surface area contributed by atoms with Crippen molar-refractivity contribution in [2.75, 3.05) is 12.3 Å². The van der Waals surface area contributed by atoms with Gasteiger partial charge in [-0.1, -0.05) is 0 Å². The number of imidazole rings is 1. The second-order valence-corrected chi connectivity index (χ2v) is 4.63. The molecule has 0 spiro atoms. The molecular weight excluding hydrogens is 304 g/mol. The lowest BCUT2D eigenvalue weighted by Crippen LogP contribution is -2.21. The maximum atomic E-state index is 12.9. The molecule has 3 heterocycles. The number of hydrogen-bond acceptors (Lipinski definition) is 7. The summed E-state index contributed by atoms with van der Waals surface area (Å²) in [5.41, 5.74) is 4.00. The molecule has 3 rings (SSSR count). The van der Waals surface area contributed by atoms with Crippen LogP contribution < -0.4 is 11.3 Å². The molecule has 1 aliphatic rings. The summed E-state index contributed by atoms with van der Waals surface area (Å²) in [6.07, 6.45) is -5.41. The molecule has 22 heavy (non-hydrogen) atoms. The molecule has 0 radical (unpaired) electrons. The van der Waals surface area contributed by atoms with Gasteiger partial charge in [-0.2, -0.15) is 13.8 Å². The average Bonchev–Trinajstić information content (AvgIpc) is 2.99. The highest BCUT2D eigenvalue weighted by Crippen LogP contribution is 2.36. The minimum atomic E-state index is -2.14. The van der Waals surface area contributed by atoms with Crippen LogP contribution in [0.3, 0.4) is 0 Å². The van der Waals surface area contributed by atoms with Gasteiger partial charge in [0.15, 0.2) is 17.4 Å². The predicted molar refractivity (Wildman–Crippen MR) is 68.8 cm³/mol. The molecular formula is C11H11F2N5O4. The average molecular weight is 315 g/mol. The van der Waals surface area contributed by atoms with Crippen LogP contribution in [0.15, 0.2) is 22.8 Å². The van der Waals surface area contributed by atoms with Crippen molar-refractivity contribution in [2.24, 2.45) is 0 Å². The number of fused-ring (bicyclic) bond motifs is 1. The van der Waals surface area contributed by atoms with Crippen LogP contribution in [0.25, 0.3) is 11.2 Å². The van der Waals surface area contributed by atoms with Crippen LogP contribution in [0.4, 0.5) is 14.7 Å². The van der Waals surface area contributed by atoms with Crippen molar-refractivity contribution in [1.82, 2.24) is 19.5 Å². The van der Waals surface area contributed by atoms with E-state index in [1.54, 1.807) is 0 Å². The van der Waals surface area contributed by atoms with Gasteiger partial charge in [0.05, 0.1) is 18.5 Å². The number of aliphatic hydroxyl groups is 2. The Bertz CT molecular complexity index is 812. The zero-order chi connectivity index (χ0) is 16.0. The number of rotatable bonds is 2. The first-order valence-corrected chi connectivity index (χ1v) is 6.15. The number of hydrogen-bond donors (Lipinski definition) is 4. The molecule has 118 valence electrons. The lowest BCUT2D eigenvalue weighted by molar-refractivity contribution is -0.0483. The van der Waals surface area contributed by atoms with E-state index in [0.717, 1.165) is 10.9 Å². The SMILES string of the molecule is Nc1nc2c(ncn2[C@@H]2O[C@H](CO)C(=C(F)F)[C@H]2O)c(=O)[nH]1. The highest BCUT2D eigenvalue weighted by Gasteiger charge is 2.43. The van der Waals surface area contributed by atoms with Gasteiger partial charge in [0.25, 0.3) is 11.6 Å². The summed E-state index contributed by atoms with van der Waals surface area (Å²) in [6.45, 7) is -0.733. The van der Waals surface area contributed by atoms with Crippen molar-refractivity contribution in [2.45, 2.75) is 18.4 Å². The van der Waals surface area contributed by atoms with E-state index in [4.69, 9.17) is 15.6 Å². The van der Waals surface area contributed by atoms with Crippen molar-refractivity contribution in [3.05, 3.63) is 28.3 Å². The molecule has 1 fully saturated rings. The number of aliphatic hydroxyl groups excluding tert-OH is 2. The predicted octanol–water partition coefficient (Wildman–Crippen LogP) is -0.897. The summed E-state index contributed by atoms with van der Waals surface area (Å²) in [6, 6.07) is 0. The van der Waals surface area contributed by atoms with Gasteiger partial charge in [0, 0.05) is 0 Å². The van der Waals surface area contributed by atoms with E-state index in [2.05, 4.69) is 15.0 Å². The number of aromatic amines is 1.